The van der Waals surface area contributed by atoms with Crippen molar-refractivity contribution in [3.8, 4) is 0 Å². The highest BCUT2D eigenvalue weighted by Gasteiger charge is 2.30. The van der Waals surface area contributed by atoms with Crippen LogP contribution in [0.25, 0.3) is 0 Å². The molecule has 0 aliphatic carbocycles. The first-order chi connectivity index (χ1) is 7.14. The van der Waals surface area contributed by atoms with Crippen molar-refractivity contribution >= 4 is 27.7 Å². The van der Waals surface area contributed by atoms with Gasteiger partial charge in [-0.1, -0.05) is 46.7 Å². The zero-order chi connectivity index (χ0) is 10.9. The lowest BCUT2D eigenvalue weighted by molar-refractivity contribution is 0.593. The molecule has 15 heavy (non-hydrogen) atoms. The minimum absolute atomic E-state index is 0.00600. The zero-order valence-corrected chi connectivity index (χ0v) is 11.3. The number of hydrogen-bond acceptors (Lipinski definition) is 2. The van der Waals surface area contributed by atoms with E-state index < -0.39 is 0 Å². The average Bonchev–Trinajstić information content (AvgIpc) is 2.62. The molecular weight excluding hydrogens is 270 g/mol. The van der Waals surface area contributed by atoms with Crippen molar-refractivity contribution in [1.82, 2.24) is 5.32 Å². The number of nitrogens with one attached hydrogen (secondary N) is 1. The Bertz CT molecular complexity index is 385. The monoisotopic (exact) mass is 283 g/mol. The van der Waals surface area contributed by atoms with Gasteiger partial charge in [-0.25, -0.2) is 0 Å². The number of halogens is 1. The molecule has 1 aliphatic rings. The van der Waals surface area contributed by atoms with Crippen molar-refractivity contribution in [3.63, 3.8) is 0 Å². The predicted molar refractivity (Wildman–Crippen MR) is 70.6 cm³/mol. The van der Waals surface area contributed by atoms with E-state index in [1.807, 2.05) is 11.8 Å². The maximum absolute atomic E-state index is 3.56. The molecule has 1 aromatic carbocycles. The van der Waals surface area contributed by atoms with Gasteiger partial charge in [0.25, 0.3) is 0 Å². The topological polar surface area (TPSA) is 12.0 Å². The molecule has 1 heterocycles. The van der Waals surface area contributed by atoms with Gasteiger partial charge in [0.15, 0.2) is 0 Å². The van der Waals surface area contributed by atoms with Crippen LogP contribution in [-0.2, 0) is 4.87 Å². The Balaban J connectivity index is 2.22. The van der Waals surface area contributed by atoms with Crippen LogP contribution in [0.2, 0.25) is 0 Å². The lowest BCUT2D eigenvalue weighted by atomic mass is 10.1. The van der Waals surface area contributed by atoms with Gasteiger partial charge in [-0.15, -0.1) is 0 Å². The van der Waals surface area contributed by atoms with E-state index in [4.69, 9.17) is 0 Å². The molecule has 0 bridgehead atoms. The molecule has 1 unspecified atom stereocenters. The Labute approximate surface area is 103 Å². The van der Waals surface area contributed by atoms with E-state index >= 15 is 0 Å². The molecule has 1 nitrogen and oxygen atoms in total. The number of allylic oxidation sites excluding steroid dienone is 1. The summed E-state index contributed by atoms with van der Waals surface area (Å²) in [4.78, 5) is 0.00600. The van der Waals surface area contributed by atoms with Crippen LogP contribution < -0.4 is 5.32 Å². The molecule has 1 aliphatic heterocycles. The second kappa shape index (κ2) is 4.22. The van der Waals surface area contributed by atoms with Crippen molar-refractivity contribution in [2.24, 2.45) is 0 Å². The fourth-order valence-electron chi connectivity index (χ4n) is 1.63. The van der Waals surface area contributed by atoms with Crippen LogP contribution in [-0.4, -0.2) is 0 Å². The summed E-state index contributed by atoms with van der Waals surface area (Å²) in [6, 6.07) is 8.51. The lowest BCUT2D eigenvalue weighted by Gasteiger charge is -2.26. The number of hydrogen-bond donors (Lipinski definition) is 1. The fraction of sp³-hybridized carbons (Fsp3) is 0.333. The molecule has 0 spiro atoms. The molecule has 80 valence electrons. The van der Waals surface area contributed by atoms with Gasteiger partial charge in [0.2, 0.25) is 0 Å². The van der Waals surface area contributed by atoms with Crippen LogP contribution in [0.1, 0.15) is 25.8 Å². The standard InChI is InChI=1S/C12H14BrNS/c1-3-11-8-15-12(2,14-11)9-4-6-10(13)7-5-9/h4-8,14H,3H2,1-2H3. The molecule has 3 heteroatoms. The summed E-state index contributed by atoms with van der Waals surface area (Å²) in [6.45, 7) is 4.40. The predicted octanol–water partition coefficient (Wildman–Crippen LogP) is 4.21. The van der Waals surface area contributed by atoms with E-state index in [0.29, 0.717) is 0 Å². The highest BCUT2D eigenvalue weighted by molar-refractivity contribution is 9.10. The Morgan fingerprint density at radius 1 is 1.33 bits per heavy atom. The molecule has 0 fully saturated rings. The summed E-state index contributed by atoms with van der Waals surface area (Å²) in [7, 11) is 0. The van der Waals surface area contributed by atoms with Gasteiger partial charge < -0.3 is 5.32 Å². The molecule has 1 N–H and O–H groups in total. The Kier molecular flexibility index (Phi) is 3.12. The van der Waals surface area contributed by atoms with E-state index in [1.165, 1.54) is 11.3 Å². The van der Waals surface area contributed by atoms with Crippen molar-refractivity contribution < 1.29 is 0 Å². The first-order valence-corrected chi connectivity index (χ1v) is 6.72. The second-order valence-corrected chi connectivity index (χ2v) is 5.98. The Morgan fingerprint density at radius 2 is 2.00 bits per heavy atom. The quantitative estimate of drug-likeness (QED) is 0.873. The highest BCUT2D eigenvalue weighted by Crippen LogP contribution is 2.41. The van der Waals surface area contributed by atoms with E-state index in [1.54, 1.807) is 0 Å². The summed E-state index contributed by atoms with van der Waals surface area (Å²) in [6.07, 6.45) is 1.07. The summed E-state index contributed by atoms with van der Waals surface area (Å²) in [5.74, 6) is 0. The normalized spacial score (nSPS) is 24.9. The van der Waals surface area contributed by atoms with E-state index in [9.17, 15) is 0 Å². The summed E-state index contributed by atoms with van der Waals surface area (Å²) < 4.78 is 1.13. The third-order valence-corrected chi connectivity index (χ3v) is 4.35. The molecule has 0 saturated carbocycles. The zero-order valence-electron chi connectivity index (χ0n) is 8.88. The summed E-state index contributed by atoms with van der Waals surface area (Å²) in [5, 5.41) is 5.79. The largest absolute Gasteiger partial charge is 0.370 e. The third-order valence-electron chi connectivity index (χ3n) is 2.61. The molecule has 1 atom stereocenters. The highest BCUT2D eigenvalue weighted by atomic mass is 79.9. The van der Waals surface area contributed by atoms with Gasteiger partial charge in [-0.2, -0.15) is 0 Å². The SMILES string of the molecule is CCC1=CSC(C)(c2ccc(Br)cc2)N1. The van der Waals surface area contributed by atoms with Gasteiger partial charge in [-0.3, -0.25) is 0 Å². The third kappa shape index (κ3) is 2.23. The van der Waals surface area contributed by atoms with E-state index in [0.717, 1.165) is 10.9 Å². The molecular formula is C12H14BrNS. The van der Waals surface area contributed by atoms with Crippen molar-refractivity contribution in [3.05, 3.63) is 45.4 Å². The number of thioether (sulfide) groups is 1. The molecule has 0 aromatic heterocycles. The Morgan fingerprint density at radius 3 is 2.53 bits per heavy atom. The van der Waals surface area contributed by atoms with E-state index in [2.05, 4.69) is 64.8 Å². The second-order valence-electron chi connectivity index (χ2n) is 3.78. The van der Waals surface area contributed by atoms with Gasteiger partial charge in [-0.05, 0) is 36.4 Å². The first kappa shape index (κ1) is 11.1. The number of rotatable bonds is 2. The number of benzene rings is 1. The molecule has 0 radical (unpaired) electrons. The van der Waals surface area contributed by atoms with Crippen molar-refractivity contribution in [2.75, 3.05) is 0 Å². The maximum Gasteiger partial charge on any atom is 0.110 e. The average molecular weight is 284 g/mol. The van der Waals surface area contributed by atoms with Crippen LogP contribution >= 0.6 is 27.7 Å². The smallest absolute Gasteiger partial charge is 0.110 e. The minimum atomic E-state index is 0.00600. The fourth-order valence-corrected chi connectivity index (χ4v) is 2.96. The lowest BCUT2D eigenvalue weighted by Crippen LogP contribution is -2.31. The maximum atomic E-state index is 3.56. The van der Waals surface area contributed by atoms with E-state index in [-0.39, 0.29) is 4.87 Å². The van der Waals surface area contributed by atoms with Crippen molar-refractivity contribution in [1.29, 1.82) is 0 Å². The Hall–Kier alpha value is -0.410. The molecule has 0 saturated heterocycles. The summed E-state index contributed by atoms with van der Waals surface area (Å²) >= 11 is 5.30. The van der Waals surface area contributed by atoms with Crippen LogP contribution in [0, 0.1) is 0 Å². The van der Waals surface area contributed by atoms with Gasteiger partial charge in [0.1, 0.15) is 4.87 Å². The molecule has 2 rings (SSSR count). The van der Waals surface area contributed by atoms with Gasteiger partial charge in [0.05, 0.1) is 0 Å². The van der Waals surface area contributed by atoms with Crippen molar-refractivity contribution in [2.45, 2.75) is 25.1 Å². The van der Waals surface area contributed by atoms with Gasteiger partial charge >= 0.3 is 0 Å². The minimum Gasteiger partial charge on any atom is -0.370 e. The van der Waals surface area contributed by atoms with Crippen LogP contribution in [0.3, 0.4) is 0 Å². The molecule has 1 aromatic rings. The van der Waals surface area contributed by atoms with Gasteiger partial charge in [0, 0.05) is 10.2 Å². The van der Waals surface area contributed by atoms with Crippen LogP contribution in [0.5, 0.6) is 0 Å². The molecule has 0 amide bonds. The first-order valence-electron chi connectivity index (χ1n) is 5.05. The van der Waals surface area contributed by atoms with Crippen LogP contribution in [0.15, 0.2) is 39.8 Å². The van der Waals surface area contributed by atoms with Crippen LogP contribution in [0.4, 0.5) is 0 Å². The summed E-state index contributed by atoms with van der Waals surface area (Å²) in [5.41, 5.74) is 2.64.